The molecule has 1 N–H and O–H groups in total. The Balaban J connectivity index is 2.65. The second-order valence-electron chi connectivity index (χ2n) is 4.74. The summed E-state index contributed by atoms with van der Waals surface area (Å²) in [6, 6.07) is 6.42. The van der Waals surface area contributed by atoms with Gasteiger partial charge in [0.05, 0.1) is 5.69 Å². The molecule has 94 valence electrons. The highest BCUT2D eigenvalue weighted by atomic mass is 15.1. The van der Waals surface area contributed by atoms with Crippen LogP contribution in [0.2, 0.25) is 0 Å². The predicted octanol–water partition coefficient (Wildman–Crippen LogP) is 3.42. The van der Waals surface area contributed by atoms with Crippen LogP contribution in [0, 0.1) is 27.7 Å². The number of aryl methyl sites for hydroxylation is 4. The molecule has 0 radical (unpaired) electrons. The van der Waals surface area contributed by atoms with Crippen molar-refractivity contribution in [3.05, 3.63) is 40.6 Å². The Morgan fingerprint density at radius 3 is 2.06 bits per heavy atom. The van der Waals surface area contributed by atoms with Gasteiger partial charge in [-0.1, -0.05) is 17.7 Å². The maximum Gasteiger partial charge on any atom is 0.223 e. The standard InChI is InChI=1S/C15H19N3/c1-9-6-10(2)14(11(3)7-9)13-8-12(4)17-15(16-5)18-13/h6-8H,1-5H3,(H,16,17,18). The maximum absolute atomic E-state index is 4.55. The van der Waals surface area contributed by atoms with E-state index >= 15 is 0 Å². The van der Waals surface area contributed by atoms with E-state index in [0.717, 1.165) is 11.4 Å². The Morgan fingerprint density at radius 2 is 1.50 bits per heavy atom. The van der Waals surface area contributed by atoms with Crippen molar-refractivity contribution in [2.24, 2.45) is 0 Å². The Hall–Kier alpha value is -1.90. The van der Waals surface area contributed by atoms with E-state index in [4.69, 9.17) is 0 Å². The minimum atomic E-state index is 0.671. The number of nitrogens with zero attached hydrogens (tertiary/aromatic N) is 2. The maximum atomic E-state index is 4.55. The quantitative estimate of drug-likeness (QED) is 0.875. The molecule has 1 heterocycles. The molecular weight excluding hydrogens is 222 g/mol. The van der Waals surface area contributed by atoms with E-state index in [-0.39, 0.29) is 0 Å². The highest BCUT2D eigenvalue weighted by molar-refractivity contribution is 5.69. The van der Waals surface area contributed by atoms with Gasteiger partial charge in [0, 0.05) is 18.3 Å². The number of anilines is 1. The van der Waals surface area contributed by atoms with Crippen LogP contribution in [0.4, 0.5) is 5.95 Å². The molecule has 0 aliphatic carbocycles. The molecule has 1 aromatic heterocycles. The van der Waals surface area contributed by atoms with Gasteiger partial charge in [-0.2, -0.15) is 0 Å². The van der Waals surface area contributed by atoms with Crippen LogP contribution < -0.4 is 5.32 Å². The molecular formula is C15H19N3. The highest BCUT2D eigenvalue weighted by Gasteiger charge is 2.10. The van der Waals surface area contributed by atoms with Gasteiger partial charge in [0.15, 0.2) is 0 Å². The van der Waals surface area contributed by atoms with Crippen molar-refractivity contribution in [2.75, 3.05) is 12.4 Å². The third-order valence-electron chi connectivity index (χ3n) is 3.01. The lowest BCUT2D eigenvalue weighted by atomic mass is 9.97. The topological polar surface area (TPSA) is 37.8 Å². The van der Waals surface area contributed by atoms with E-state index in [9.17, 15) is 0 Å². The second kappa shape index (κ2) is 4.77. The molecule has 0 aliphatic heterocycles. The Labute approximate surface area is 108 Å². The normalized spacial score (nSPS) is 10.5. The average Bonchev–Trinajstić information content (AvgIpc) is 2.26. The summed E-state index contributed by atoms with van der Waals surface area (Å²) in [5.74, 6) is 0.671. The molecule has 0 atom stereocenters. The van der Waals surface area contributed by atoms with Crippen LogP contribution in [0.5, 0.6) is 0 Å². The van der Waals surface area contributed by atoms with Crippen molar-refractivity contribution in [3.8, 4) is 11.3 Å². The molecule has 18 heavy (non-hydrogen) atoms. The van der Waals surface area contributed by atoms with Gasteiger partial charge < -0.3 is 5.32 Å². The SMILES string of the molecule is CNc1nc(C)cc(-c2c(C)cc(C)cc2C)n1. The zero-order valence-electron chi connectivity index (χ0n) is 11.6. The van der Waals surface area contributed by atoms with Crippen LogP contribution in [-0.2, 0) is 0 Å². The summed E-state index contributed by atoms with van der Waals surface area (Å²) < 4.78 is 0. The van der Waals surface area contributed by atoms with E-state index in [1.54, 1.807) is 0 Å². The molecule has 0 aliphatic rings. The van der Waals surface area contributed by atoms with Crippen molar-refractivity contribution in [3.63, 3.8) is 0 Å². The van der Waals surface area contributed by atoms with Gasteiger partial charge in [-0.3, -0.25) is 0 Å². The molecule has 2 rings (SSSR count). The van der Waals surface area contributed by atoms with Crippen molar-refractivity contribution < 1.29 is 0 Å². The van der Waals surface area contributed by atoms with Crippen molar-refractivity contribution in [2.45, 2.75) is 27.7 Å². The minimum absolute atomic E-state index is 0.671. The Morgan fingerprint density at radius 1 is 0.889 bits per heavy atom. The van der Waals surface area contributed by atoms with E-state index in [1.807, 2.05) is 20.0 Å². The van der Waals surface area contributed by atoms with E-state index < -0.39 is 0 Å². The van der Waals surface area contributed by atoms with Gasteiger partial charge in [-0.05, 0) is 44.9 Å². The third kappa shape index (κ3) is 2.35. The lowest BCUT2D eigenvalue weighted by Crippen LogP contribution is -2.01. The summed E-state index contributed by atoms with van der Waals surface area (Å²) in [5, 5.41) is 3.01. The first-order valence-corrected chi connectivity index (χ1v) is 6.13. The van der Waals surface area contributed by atoms with E-state index in [0.29, 0.717) is 5.95 Å². The fraction of sp³-hybridized carbons (Fsp3) is 0.333. The number of aromatic nitrogens is 2. The van der Waals surface area contributed by atoms with Crippen LogP contribution in [0.25, 0.3) is 11.3 Å². The fourth-order valence-corrected chi connectivity index (χ4v) is 2.39. The molecule has 0 unspecified atom stereocenters. The van der Waals surface area contributed by atoms with E-state index in [1.165, 1.54) is 22.3 Å². The molecule has 0 amide bonds. The van der Waals surface area contributed by atoms with Crippen molar-refractivity contribution in [1.29, 1.82) is 0 Å². The third-order valence-corrected chi connectivity index (χ3v) is 3.01. The predicted molar refractivity (Wildman–Crippen MR) is 76.0 cm³/mol. The first-order chi connectivity index (χ1) is 8.51. The summed E-state index contributed by atoms with van der Waals surface area (Å²) in [5.41, 5.74) is 6.97. The first kappa shape index (κ1) is 12.6. The summed E-state index contributed by atoms with van der Waals surface area (Å²) in [4.78, 5) is 8.88. The number of rotatable bonds is 2. The molecule has 0 spiro atoms. The molecule has 3 heteroatoms. The largest absolute Gasteiger partial charge is 0.357 e. The molecule has 0 bridgehead atoms. The number of hydrogen-bond donors (Lipinski definition) is 1. The molecule has 0 saturated carbocycles. The summed E-state index contributed by atoms with van der Waals surface area (Å²) in [6.07, 6.45) is 0. The molecule has 3 nitrogen and oxygen atoms in total. The summed E-state index contributed by atoms with van der Waals surface area (Å²) in [6.45, 7) is 8.37. The van der Waals surface area contributed by atoms with E-state index in [2.05, 4.69) is 48.2 Å². The van der Waals surface area contributed by atoms with Crippen LogP contribution in [0.3, 0.4) is 0 Å². The second-order valence-corrected chi connectivity index (χ2v) is 4.74. The van der Waals surface area contributed by atoms with Crippen LogP contribution in [0.1, 0.15) is 22.4 Å². The van der Waals surface area contributed by atoms with Crippen LogP contribution in [-0.4, -0.2) is 17.0 Å². The highest BCUT2D eigenvalue weighted by Crippen LogP contribution is 2.27. The molecule has 0 fully saturated rings. The van der Waals surface area contributed by atoms with Gasteiger partial charge in [0.1, 0.15) is 0 Å². The summed E-state index contributed by atoms with van der Waals surface area (Å²) in [7, 11) is 1.84. The molecule has 1 aromatic carbocycles. The van der Waals surface area contributed by atoms with Gasteiger partial charge in [-0.25, -0.2) is 9.97 Å². The van der Waals surface area contributed by atoms with Gasteiger partial charge in [0.2, 0.25) is 5.95 Å². The van der Waals surface area contributed by atoms with Gasteiger partial charge in [-0.15, -0.1) is 0 Å². The van der Waals surface area contributed by atoms with Gasteiger partial charge in [0.25, 0.3) is 0 Å². The monoisotopic (exact) mass is 241 g/mol. The number of benzene rings is 1. The Kier molecular flexibility index (Phi) is 3.32. The molecule has 2 aromatic rings. The first-order valence-electron chi connectivity index (χ1n) is 6.13. The zero-order valence-corrected chi connectivity index (χ0v) is 11.6. The van der Waals surface area contributed by atoms with Crippen LogP contribution >= 0.6 is 0 Å². The number of hydrogen-bond acceptors (Lipinski definition) is 3. The van der Waals surface area contributed by atoms with Crippen LogP contribution in [0.15, 0.2) is 18.2 Å². The fourth-order valence-electron chi connectivity index (χ4n) is 2.39. The van der Waals surface area contributed by atoms with Crippen molar-refractivity contribution >= 4 is 5.95 Å². The molecule has 0 saturated heterocycles. The smallest absolute Gasteiger partial charge is 0.223 e. The van der Waals surface area contributed by atoms with Gasteiger partial charge >= 0.3 is 0 Å². The summed E-state index contributed by atoms with van der Waals surface area (Å²) >= 11 is 0. The lowest BCUT2D eigenvalue weighted by Gasteiger charge is -2.12. The minimum Gasteiger partial charge on any atom is -0.357 e. The van der Waals surface area contributed by atoms with Crippen molar-refractivity contribution in [1.82, 2.24) is 9.97 Å². The number of nitrogens with one attached hydrogen (secondary N) is 1. The lowest BCUT2D eigenvalue weighted by molar-refractivity contribution is 1.09. The Bertz CT molecular complexity index is 565. The average molecular weight is 241 g/mol. The zero-order chi connectivity index (χ0) is 13.3.